The van der Waals surface area contributed by atoms with Gasteiger partial charge in [0.2, 0.25) is 0 Å². The molecule has 1 fully saturated rings. The van der Waals surface area contributed by atoms with E-state index >= 15 is 0 Å². The molecule has 6 nitrogen and oxygen atoms in total. The van der Waals surface area contributed by atoms with Crippen molar-refractivity contribution in [2.45, 2.75) is 32.1 Å². The van der Waals surface area contributed by atoms with Gasteiger partial charge in [-0.3, -0.25) is 4.90 Å². The van der Waals surface area contributed by atoms with Gasteiger partial charge in [-0.1, -0.05) is 12.1 Å². The van der Waals surface area contributed by atoms with Crippen LogP contribution in [-0.2, 0) is 16.0 Å². The first-order valence-electron chi connectivity index (χ1n) is 7.87. The molecule has 2 N–H and O–H groups in total. The number of aromatic nitrogens is 2. The first-order chi connectivity index (χ1) is 11.0. The minimum absolute atomic E-state index is 0.0570. The minimum Gasteiger partial charge on any atom is -0.383 e. The third kappa shape index (κ3) is 3.77. The Morgan fingerprint density at radius 2 is 2.13 bits per heavy atom. The molecule has 1 aromatic heterocycles. The van der Waals surface area contributed by atoms with Gasteiger partial charge >= 0.3 is 0 Å². The van der Waals surface area contributed by atoms with Crippen molar-refractivity contribution >= 4 is 16.7 Å². The zero-order chi connectivity index (χ0) is 16.4. The van der Waals surface area contributed by atoms with Crippen molar-refractivity contribution in [3.63, 3.8) is 0 Å². The molecule has 1 saturated heterocycles. The Hall–Kier alpha value is -1.76. The number of ether oxygens (including phenoxy) is 2. The van der Waals surface area contributed by atoms with Gasteiger partial charge in [0.05, 0.1) is 30.4 Å². The van der Waals surface area contributed by atoms with Gasteiger partial charge in [0, 0.05) is 25.6 Å². The summed E-state index contributed by atoms with van der Waals surface area (Å²) < 4.78 is 11.3. The highest BCUT2D eigenvalue weighted by molar-refractivity contribution is 5.87. The number of anilines is 1. The topological polar surface area (TPSA) is 73.5 Å². The van der Waals surface area contributed by atoms with Crippen LogP contribution < -0.4 is 5.73 Å². The second-order valence-corrected chi connectivity index (χ2v) is 6.67. The molecule has 1 aromatic carbocycles. The quantitative estimate of drug-likeness (QED) is 0.928. The van der Waals surface area contributed by atoms with Gasteiger partial charge in [-0.05, 0) is 26.0 Å². The fourth-order valence-corrected chi connectivity index (χ4v) is 3.23. The molecule has 1 aliphatic rings. The van der Waals surface area contributed by atoms with Crippen LogP contribution in [0.4, 0.5) is 5.82 Å². The number of morpholine rings is 1. The maximum atomic E-state index is 6.08. The van der Waals surface area contributed by atoms with E-state index in [4.69, 9.17) is 15.2 Å². The maximum absolute atomic E-state index is 6.08. The molecule has 0 radical (unpaired) electrons. The Morgan fingerprint density at radius 1 is 1.35 bits per heavy atom. The Morgan fingerprint density at radius 3 is 2.91 bits per heavy atom. The highest BCUT2D eigenvalue weighted by Gasteiger charge is 2.33. The average molecular weight is 316 g/mol. The number of methoxy groups -OCH3 is 1. The fraction of sp³-hybridized carbons (Fsp3) is 0.529. The van der Waals surface area contributed by atoms with E-state index in [1.165, 1.54) is 0 Å². The maximum Gasteiger partial charge on any atom is 0.145 e. The summed E-state index contributed by atoms with van der Waals surface area (Å²) in [6.07, 6.45) is 0.0570. The van der Waals surface area contributed by atoms with Crippen molar-refractivity contribution in [2.24, 2.45) is 0 Å². The zero-order valence-electron chi connectivity index (χ0n) is 14.0. The van der Waals surface area contributed by atoms with Crippen molar-refractivity contribution in [3.05, 3.63) is 30.1 Å². The van der Waals surface area contributed by atoms with Gasteiger partial charge < -0.3 is 15.2 Å². The van der Waals surface area contributed by atoms with E-state index in [2.05, 4.69) is 28.7 Å². The second-order valence-electron chi connectivity index (χ2n) is 6.67. The Balaban J connectivity index is 1.80. The molecule has 6 heteroatoms. The summed E-state index contributed by atoms with van der Waals surface area (Å²) >= 11 is 0. The smallest absolute Gasteiger partial charge is 0.145 e. The number of para-hydroxylation sites is 1. The molecule has 0 saturated carbocycles. The van der Waals surface area contributed by atoms with E-state index in [0.29, 0.717) is 19.0 Å². The summed E-state index contributed by atoms with van der Waals surface area (Å²) in [6.45, 7) is 7.05. The van der Waals surface area contributed by atoms with Crippen LogP contribution >= 0.6 is 0 Å². The van der Waals surface area contributed by atoms with Gasteiger partial charge in [-0.2, -0.15) is 0 Å². The predicted octanol–water partition coefficient (Wildman–Crippen LogP) is 1.84. The highest BCUT2D eigenvalue weighted by Crippen LogP contribution is 2.23. The van der Waals surface area contributed by atoms with Crippen molar-refractivity contribution < 1.29 is 9.47 Å². The standard InChI is InChI=1S/C17H24N4O2/c1-17(2)11-21(8-12(23-17)10-22-3)9-15-19-14-7-5-4-6-13(14)16(18)20-15/h4-7,12H,8-11H2,1-3H3,(H2,18,19,20)/t12-/m0/s1. The van der Waals surface area contributed by atoms with E-state index < -0.39 is 0 Å². The fourth-order valence-electron chi connectivity index (χ4n) is 3.23. The molecule has 1 aliphatic heterocycles. The van der Waals surface area contributed by atoms with E-state index in [1.807, 2.05) is 24.3 Å². The van der Waals surface area contributed by atoms with Gasteiger partial charge in [0.1, 0.15) is 11.6 Å². The molecule has 0 spiro atoms. The average Bonchev–Trinajstić information content (AvgIpc) is 2.46. The molecule has 3 rings (SSSR count). The first-order valence-corrected chi connectivity index (χ1v) is 7.87. The van der Waals surface area contributed by atoms with Crippen molar-refractivity contribution in [1.29, 1.82) is 0 Å². The molecule has 0 bridgehead atoms. The number of benzene rings is 1. The van der Waals surface area contributed by atoms with Crippen LogP contribution in [0.5, 0.6) is 0 Å². The summed E-state index contributed by atoms with van der Waals surface area (Å²) in [6, 6.07) is 7.82. The van der Waals surface area contributed by atoms with Crippen molar-refractivity contribution in [2.75, 3.05) is 32.5 Å². The number of nitrogens with two attached hydrogens (primary N) is 1. The van der Waals surface area contributed by atoms with Crippen molar-refractivity contribution in [3.8, 4) is 0 Å². The van der Waals surface area contributed by atoms with Crippen LogP contribution in [0.2, 0.25) is 0 Å². The lowest BCUT2D eigenvalue weighted by atomic mass is 10.1. The van der Waals surface area contributed by atoms with Crippen LogP contribution in [0.1, 0.15) is 19.7 Å². The van der Waals surface area contributed by atoms with Crippen molar-refractivity contribution in [1.82, 2.24) is 14.9 Å². The second kappa shape index (κ2) is 6.39. The number of nitrogens with zero attached hydrogens (tertiary/aromatic N) is 3. The molecule has 0 aliphatic carbocycles. The number of rotatable bonds is 4. The predicted molar refractivity (Wildman–Crippen MR) is 90.1 cm³/mol. The zero-order valence-corrected chi connectivity index (χ0v) is 14.0. The Bertz CT molecular complexity index is 689. The Labute approximate surface area is 136 Å². The molecule has 0 unspecified atom stereocenters. The van der Waals surface area contributed by atoms with Crippen LogP contribution in [-0.4, -0.2) is 53.4 Å². The van der Waals surface area contributed by atoms with E-state index in [9.17, 15) is 0 Å². The third-order valence-corrected chi connectivity index (χ3v) is 3.95. The molecule has 0 amide bonds. The largest absolute Gasteiger partial charge is 0.383 e. The number of nitrogen functional groups attached to an aromatic ring is 1. The summed E-state index contributed by atoms with van der Waals surface area (Å²) in [4.78, 5) is 11.4. The SMILES string of the molecule is COC[C@@H]1CN(Cc2nc(N)c3ccccc3n2)CC(C)(C)O1. The summed E-state index contributed by atoms with van der Waals surface area (Å²) in [5, 5.41) is 0.899. The molecular weight excluding hydrogens is 292 g/mol. The number of hydrogen-bond acceptors (Lipinski definition) is 6. The highest BCUT2D eigenvalue weighted by atomic mass is 16.5. The Kier molecular flexibility index (Phi) is 4.48. The molecule has 1 atom stereocenters. The van der Waals surface area contributed by atoms with Crippen LogP contribution in [0.15, 0.2) is 24.3 Å². The molecule has 2 aromatic rings. The minimum atomic E-state index is -0.218. The number of fused-ring (bicyclic) bond motifs is 1. The van der Waals surface area contributed by atoms with E-state index in [-0.39, 0.29) is 11.7 Å². The van der Waals surface area contributed by atoms with Gasteiger partial charge in [-0.25, -0.2) is 9.97 Å². The summed E-state index contributed by atoms with van der Waals surface area (Å²) in [7, 11) is 1.70. The lowest BCUT2D eigenvalue weighted by Gasteiger charge is -2.42. The molecule has 23 heavy (non-hydrogen) atoms. The van der Waals surface area contributed by atoms with E-state index in [1.54, 1.807) is 7.11 Å². The summed E-state index contributed by atoms with van der Waals surface area (Å²) in [5.41, 5.74) is 6.74. The lowest BCUT2D eigenvalue weighted by molar-refractivity contribution is -0.154. The van der Waals surface area contributed by atoms with Gasteiger partial charge in [0.25, 0.3) is 0 Å². The molecular formula is C17H24N4O2. The van der Waals surface area contributed by atoms with E-state index in [0.717, 1.165) is 29.8 Å². The molecule has 124 valence electrons. The molecule has 2 heterocycles. The summed E-state index contributed by atoms with van der Waals surface area (Å²) in [5.74, 6) is 1.28. The van der Waals surface area contributed by atoms with Gasteiger partial charge in [0.15, 0.2) is 0 Å². The van der Waals surface area contributed by atoms with Gasteiger partial charge in [-0.15, -0.1) is 0 Å². The third-order valence-electron chi connectivity index (χ3n) is 3.95. The lowest BCUT2D eigenvalue weighted by Crippen LogP contribution is -2.53. The number of hydrogen-bond donors (Lipinski definition) is 1. The first kappa shape index (κ1) is 16.1. The van der Waals surface area contributed by atoms with Crippen LogP contribution in [0.3, 0.4) is 0 Å². The van der Waals surface area contributed by atoms with Crippen LogP contribution in [0.25, 0.3) is 10.9 Å². The normalized spacial score (nSPS) is 21.6. The van der Waals surface area contributed by atoms with Crippen LogP contribution in [0, 0.1) is 0 Å². The monoisotopic (exact) mass is 316 g/mol.